The molecule has 5 rings (SSSR count). The Bertz CT molecular complexity index is 1470. The summed E-state index contributed by atoms with van der Waals surface area (Å²) in [4.78, 5) is 30.9. The van der Waals surface area contributed by atoms with Crippen molar-refractivity contribution in [3.8, 4) is 0 Å². The number of rotatable bonds is 4. The Morgan fingerprint density at radius 1 is 1.08 bits per heavy atom. The van der Waals surface area contributed by atoms with Gasteiger partial charge in [-0.2, -0.15) is 18.2 Å². The van der Waals surface area contributed by atoms with Crippen LogP contribution in [0.15, 0.2) is 29.1 Å². The molecule has 2 aliphatic heterocycles. The maximum atomic E-state index is 13.7. The van der Waals surface area contributed by atoms with Crippen LogP contribution in [0, 0.1) is 33.0 Å². The Hall–Kier alpha value is -3.26. The van der Waals surface area contributed by atoms with Gasteiger partial charge in [-0.05, 0) is 48.9 Å². The molecule has 1 unspecified atom stereocenters. The van der Waals surface area contributed by atoms with Crippen molar-refractivity contribution >= 4 is 32.2 Å². The van der Waals surface area contributed by atoms with E-state index in [1.807, 2.05) is 4.90 Å². The van der Waals surface area contributed by atoms with Gasteiger partial charge in [0.1, 0.15) is 4.70 Å². The number of halogens is 6. The number of hydrogen-bond acceptors (Lipinski definition) is 7. The van der Waals surface area contributed by atoms with Gasteiger partial charge in [0, 0.05) is 38.3 Å². The maximum Gasteiger partial charge on any atom is 0.416 e. The molecule has 2 aromatic carbocycles. The Labute approximate surface area is 215 Å². The number of alkyl halides is 3. The topological polar surface area (TPSA) is 79.6 Å². The van der Waals surface area contributed by atoms with Gasteiger partial charge in [0.05, 0.1) is 15.9 Å². The van der Waals surface area contributed by atoms with E-state index in [1.165, 1.54) is 0 Å². The first-order valence-corrected chi connectivity index (χ1v) is 12.4. The molecular formula is C24H20F6N4O3S. The number of nitro groups is 1. The summed E-state index contributed by atoms with van der Waals surface area (Å²) < 4.78 is 80.0. The van der Waals surface area contributed by atoms with Crippen molar-refractivity contribution in [2.45, 2.75) is 32.0 Å². The average molecular weight is 559 g/mol. The van der Waals surface area contributed by atoms with E-state index in [-0.39, 0.29) is 21.3 Å². The van der Waals surface area contributed by atoms with Gasteiger partial charge in [-0.15, -0.1) is 0 Å². The molecule has 1 aromatic heterocycles. The first kappa shape index (κ1) is 26.4. The number of likely N-dealkylation sites (tertiary alicyclic amines) is 1. The van der Waals surface area contributed by atoms with E-state index in [2.05, 4.69) is 4.98 Å². The Morgan fingerprint density at radius 2 is 1.68 bits per heavy atom. The van der Waals surface area contributed by atoms with E-state index < -0.39 is 50.7 Å². The molecule has 0 amide bonds. The number of nitro benzene ring substituents is 1. The molecule has 202 valence electrons. The van der Waals surface area contributed by atoms with Gasteiger partial charge in [0.15, 0.2) is 22.6 Å². The normalized spacial score (nSPS) is 18.6. The number of fused-ring (bicyclic) bond motifs is 1. The smallest absolute Gasteiger partial charge is 0.348 e. The van der Waals surface area contributed by atoms with Gasteiger partial charge in [0.2, 0.25) is 0 Å². The molecule has 0 bridgehead atoms. The molecule has 2 fully saturated rings. The molecule has 0 aliphatic carbocycles. The van der Waals surface area contributed by atoms with E-state index in [1.54, 1.807) is 11.8 Å². The molecule has 7 nitrogen and oxygen atoms in total. The van der Waals surface area contributed by atoms with E-state index in [0.29, 0.717) is 56.7 Å². The number of anilines is 1. The molecule has 0 saturated carbocycles. The third-order valence-corrected chi connectivity index (χ3v) is 8.59. The second-order valence-electron chi connectivity index (χ2n) is 9.80. The van der Waals surface area contributed by atoms with Gasteiger partial charge < -0.3 is 4.90 Å². The summed E-state index contributed by atoms with van der Waals surface area (Å²) >= 11 is 0.808. The van der Waals surface area contributed by atoms with Crippen LogP contribution >= 0.6 is 11.3 Å². The minimum absolute atomic E-state index is 0.0860. The highest BCUT2D eigenvalue weighted by Gasteiger charge is 2.47. The van der Waals surface area contributed by atoms with E-state index in [0.717, 1.165) is 23.5 Å². The summed E-state index contributed by atoms with van der Waals surface area (Å²) in [5, 5.41) is 11.3. The summed E-state index contributed by atoms with van der Waals surface area (Å²) in [7, 11) is 0. The van der Waals surface area contributed by atoms with Crippen molar-refractivity contribution in [3.63, 3.8) is 0 Å². The van der Waals surface area contributed by atoms with Crippen LogP contribution in [0.1, 0.15) is 36.9 Å². The lowest BCUT2D eigenvalue weighted by atomic mass is 9.71. The minimum Gasteiger partial charge on any atom is -0.348 e. The van der Waals surface area contributed by atoms with Crippen LogP contribution in [-0.2, 0) is 6.18 Å². The molecule has 1 atom stereocenters. The average Bonchev–Trinajstić information content (AvgIpc) is 2.83. The van der Waals surface area contributed by atoms with Crippen molar-refractivity contribution in [3.05, 3.63) is 73.3 Å². The fourth-order valence-corrected chi connectivity index (χ4v) is 6.30. The van der Waals surface area contributed by atoms with Crippen LogP contribution in [0.5, 0.6) is 0 Å². The molecule has 3 heterocycles. The number of nitrogens with zero attached hydrogens (tertiary/aromatic N) is 4. The number of non-ortho nitro benzene ring substituents is 1. The molecule has 38 heavy (non-hydrogen) atoms. The monoisotopic (exact) mass is 558 g/mol. The van der Waals surface area contributed by atoms with Crippen LogP contribution in [0.3, 0.4) is 0 Å². The quantitative estimate of drug-likeness (QED) is 0.178. The fourth-order valence-electron chi connectivity index (χ4n) is 5.18. The van der Waals surface area contributed by atoms with Crippen LogP contribution in [0.2, 0.25) is 0 Å². The maximum absolute atomic E-state index is 13.7. The molecule has 2 saturated heterocycles. The first-order chi connectivity index (χ1) is 17.8. The van der Waals surface area contributed by atoms with Crippen LogP contribution in [0.4, 0.5) is 37.2 Å². The van der Waals surface area contributed by atoms with Crippen molar-refractivity contribution in [1.82, 2.24) is 9.88 Å². The van der Waals surface area contributed by atoms with Gasteiger partial charge in [-0.3, -0.25) is 19.8 Å². The summed E-state index contributed by atoms with van der Waals surface area (Å²) in [6.45, 7) is 3.98. The van der Waals surface area contributed by atoms with E-state index in [4.69, 9.17) is 0 Å². The highest BCUT2D eigenvalue weighted by Crippen LogP contribution is 2.46. The van der Waals surface area contributed by atoms with Crippen LogP contribution in [0.25, 0.3) is 10.1 Å². The predicted octanol–water partition coefficient (Wildman–Crippen LogP) is 5.66. The van der Waals surface area contributed by atoms with Crippen LogP contribution < -0.4 is 10.5 Å². The van der Waals surface area contributed by atoms with Gasteiger partial charge in [-0.1, -0.05) is 11.3 Å². The fraction of sp³-hybridized carbons (Fsp3) is 0.417. The first-order valence-electron chi connectivity index (χ1n) is 11.6. The molecular weight excluding hydrogens is 538 g/mol. The second kappa shape index (κ2) is 9.19. The Kier molecular flexibility index (Phi) is 6.37. The molecule has 0 radical (unpaired) electrons. The predicted molar refractivity (Wildman–Crippen MR) is 128 cm³/mol. The number of piperidine rings is 1. The van der Waals surface area contributed by atoms with Crippen molar-refractivity contribution in [2.75, 3.05) is 31.1 Å². The van der Waals surface area contributed by atoms with E-state index >= 15 is 0 Å². The lowest BCUT2D eigenvalue weighted by molar-refractivity contribution is -0.383. The van der Waals surface area contributed by atoms with Crippen molar-refractivity contribution < 1.29 is 31.3 Å². The molecule has 0 N–H and O–H groups in total. The lowest BCUT2D eigenvalue weighted by Crippen LogP contribution is -2.60. The number of benzene rings is 2. The zero-order valence-electron chi connectivity index (χ0n) is 19.8. The Balaban J connectivity index is 1.32. The van der Waals surface area contributed by atoms with E-state index in [9.17, 15) is 41.3 Å². The third kappa shape index (κ3) is 4.59. The summed E-state index contributed by atoms with van der Waals surface area (Å²) in [5.74, 6) is -4.00. The summed E-state index contributed by atoms with van der Waals surface area (Å²) in [6.07, 6.45) is -3.50. The number of hydrogen-bond donors (Lipinski definition) is 0. The zero-order chi connectivity index (χ0) is 27.6. The second-order valence-corrected chi connectivity index (χ2v) is 10.8. The number of aromatic nitrogens is 1. The van der Waals surface area contributed by atoms with Gasteiger partial charge in [0.25, 0.3) is 11.2 Å². The molecule has 1 spiro atoms. The molecule has 2 aliphatic rings. The van der Waals surface area contributed by atoms with Crippen molar-refractivity contribution in [1.29, 1.82) is 0 Å². The Morgan fingerprint density at radius 3 is 2.24 bits per heavy atom. The lowest BCUT2D eigenvalue weighted by Gasteiger charge is -2.56. The molecule has 3 aromatic rings. The van der Waals surface area contributed by atoms with Gasteiger partial charge >= 0.3 is 6.18 Å². The third-order valence-electron chi connectivity index (χ3n) is 7.42. The zero-order valence-corrected chi connectivity index (χ0v) is 20.6. The van der Waals surface area contributed by atoms with Crippen LogP contribution in [-0.4, -0.2) is 41.0 Å². The largest absolute Gasteiger partial charge is 0.416 e. The standard InChI is InChI=1S/C24H20F6N4O3S/c1-12(13-6-16(25)19(27)17(26)7-13)33-10-23(11-33)2-4-32(5-3-23)22-31-21(35)15-8-14(24(28,29)30)9-18(34(36)37)20(15)38-22/h6-9,12H,2-5,10-11H2,1H3. The van der Waals surface area contributed by atoms with Gasteiger partial charge in [-0.25, -0.2) is 13.2 Å². The molecule has 14 heteroatoms. The SMILES string of the molecule is CC(c1cc(F)c(F)c(F)c1)N1CC2(CCN(c3nc(=O)c4cc(C(F)(F)F)cc([N+](=O)[O-])c4s3)CC2)C1. The highest BCUT2D eigenvalue weighted by atomic mass is 32.1. The highest BCUT2D eigenvalue weighted by molar-refractivity contribution is 7.22. The summed E-state index contributed by atoms with van der Waals surface area (Å²) in [5.41, 5.74) is -2.81. The summed E-state index contributed by atoms with van der Waals surface area (Å²) in [6, 6.07) is 2.65. The minimum atomic E-state index is -4.86. The van der Waals surface area contributed by atoms with Crippen molar-refractivity contribution in [2.24, 2.45) is 5.41 Å².